The third kappa shape index (κ3) is 5.14. The lowest BCUT2D eigenvalue weighted by molar-refractivity contribution is -0.144. The van der Waals surface area contributed by atoms with Crippen LogP contribution in [0.1, 0.15) is 66.2 Å². The smallest absolute Gasteiger partial charge is 0.309 e. The summed E-state index contributed by atoms with van der Waals surface area (Å²) in [5.74, 6) is 0.390. The molecule has 4 heteroatoms. The molecule has 116 valence electrons. The molecule has 0 aromatic carbocycles. The zero-order chi connectivity index (χ0) is 15.1. The second-order valence-corrected chi connectivity index (χ2v) is 5.91. The van der Waals surface area contributed by atoms with E-state index in [-0.39, 0.29) is 36.0 Å². The summed E-state index contributed by atoms with van der Waals surface area (Å²) in [5.41, 5.74) is 0. The predicted molar refractivity (Wildman–Crippen MR) is 77.1 cm³/mol. The fourth-order valence-corrected chi connectivity index (χ4v) is 2.70. The molecule has 2 heterocycles. The van der Waals surface area contributed by atoms with Gasteiger partial charge in [-0.1, -0.05) is 26.7 Å². The van der Waals surface area contributed by atoms with E-state index >= 15 is 0 Å². The molecule has 2 aliphatic rings. The topological polar surface area (TPSA) is 52.6 Å². The molecule has 2 saturated heterocycles. The van der Waals surface area contributed by atoms with E-state index in [1.165, 1.54) is 0 Å². The van der Waals surface area contributed by atoms with E-state index in [2.05, 4.69) is 6.92 Å². The third-order valence-corrected chi connectivity index (χ3v) is 3.93. The molecule has 0 saturated carbocycles. The minimum atomic E-state index is -0.00926. The lowest BCUT2D eigenvalue weighted by atomic mass is 9.99. The second kappa shape index (κ2) is 8.28. The van der Waals surface area contributed by atoms with Crippen molar-refractivity contribution in [3.63, 3.8) is 0 Å². The fourth-order valence-electron chi connectivity index (χ4n) is 2.70. The van der Waals surface area contributed by atoms with Gasteiger partial charge < -0.3 is 9.47 Å². The molecule has 0 amide bonds. The van der Waals surface area contributed by atoms with Crippen molar-refractivity contribution in [1.82, 2.24) is 0 Å². The largest absolute Gasteiger partial charge is 0.462 e. The van der Waals surface area contributed by atoms with Gasteiger partial charge >= 0.3 is 11.9 Å². The van der Waals surface area contributed by atoms with E-state index in [1.807, 2.05) is 20.8 Å². The molecule has 4 nitrogen and oxygen atoms in total. The van der Waals surface area contributed by atoms with Gasteiger partial charge in [0.25, 0.3) is 0 Å². The lowest BCUT2D eigenvalue weighted by Gasteiger charge is -2.01. The number of hydrogen-bond acceptors (Lipinski definition) is 4. The summed E-state index contributed by atoms with van der Waals surface area (Å²) in [7, 11) is 0. The van der Waals surface area contributed by atoms with Crippen molar-refractivity contribution in [1.29, 1.82) is 0 Å². The monoisotopic (exact) mass is 284 g/mol. The number of carbonyl (C=O) groups is 2. The summed E-state index contributed by atoms with van der Waals surface area (Å²) in [6.45, 7) is 8.06. The van der Waals surface area contributed by atoms with Crippen molar-refractivity contribution in [3.8, 4) is 0 Å². The van der Waals surface area contributed by atoms with Crippen LogP contribution < -0.4 is 0 Å². The van der Waals surface area contributed by atoms with Crippen LogP contribution in [0, 0.1) is 11.8 Å². The van der Waals surface area contributed by atoms with E-state index in [1.54, 1.807) is 0 Å². The molecule has 0 spiro atoms. The van der Waals surface area contributed by atoms with E-state index in [4.69, 9.17) is 9.47 Å². The lowest BCUT2D eigenvalue weighted by Crippen LogP contribution is -2.06. The number of unbranched alkanes of at least 4 members (excludes halogenated alkanes) is 1. The van der Waals surface area contributed by atoms with Gasteiger partial charge in [0.1, 0.15) is 0 Å². The maximum absolute atomic E-state index is 11.1. The van der Waals surface area contributed by atoms with Crippen LogP contribution in [-0.2, 0) is 19.1 Å². The Kier molecular flexibility index (Phi) is 7.03. The van der Waals surface area contributed by atoms with Gasteiger partial charge in [0.05, 0.1) is 24.0 Å². The summed E-state index contributed by atoms with van der Waals surface area (Å²) in [6, 6.07) is 0. The Morgan fingerprint density at radius 3 is 1.75 bits per heavy atom. The third-order valence-electron chi connectivity index (χ3n) is 3.93. The minimum absolute atomic E-state index is 0.00926. The SMILES string of the molecule is CCCC[C@@H]1C[C@H](C)OC1=O.CC[C@@H]1C[C@H](C)OC1=O. The van der Waals surface area contributed by atoms with Crippen LogP contribution in [0.15, 0.2) is 0 Å². The van der Waals surface area contributed by atoms with E-state index in [0.29, 0.717) is 0 Å². The fraction of sp³-hybridized carbons (Fsp3) is 0.875. The summed E-state index contributed by atoms with van der Waals surface area (Å²) in [6.07, 6.45) is 6.40. The first-order valence-corrected chi connectivity index (χ1v) is 7.88. The van der Waals surface area contributed by atoms with Gasteiger partial charge in [-0.3, -0.25) is 9.59 Å². The average Bonchev–Trinajstić information content (AvgIpc) is 2.89. The number of esters is 2. The highest BCUT2D eigenvalue weighted by Gasteiger charge is 2.31. The molecular weight excluding hydrogens is 256 g/mol. The van der Waals surface area contributed by atoms with Gasteiger partial charge in [0.15, 0.2) is 0 Å². The van der Waals surface area contributed by atoms with E-state index in [0.717, 1.165) is 38.5 Å². The first kappa shape index (κ1) is 17.0. The molecule has 0 aliphatic carbocycles. The molecule has 0 aromatic rings. The van der Waals surface area contributed by atoms with Crippen molar-refractivity contribution in [3.05, 3.63) is 0 Å². The molecule has 0 radical (unpaired) electrons. The van der Waals surface area contributed by atoms with Crippen LogP contribution >= 0.6 is 0 Å². The van der Waals surface area contributed by atoms with Crippen molar-refractivity contribution >= 4 is 11.9 Å². The molecule has 0 N–H and O–H groups in total. The standard InChI is InChI=1S/C9H16O2.C7H12O2/c1-3-4-5-8-6-7(2)11-9(8)10;1-3-6-4-5(2)9-7(6)8/h7-8H,3-6H2,1-2H3;5-6H,3-4H2,1-2H3/t7-,8+;5-,6+/m00/s1. The molecule has 4 atom stereocenters. The Labute approximate surface area is 122 Å². The molecule has 0 bridgehead atoms. The second-order valence-electron chi connectivity index (χ2n) is 5.91. The van der Waals surface area contributed by atoms with E-state index in [9.17, 15) is 9.59 Å². The molecule has 2 aliphatic heterocycles. The summed E-state index contributed by atoms with van der Waals surface area (Å²) >= 11 is 0. The van der Waals surface area contributed by atoms with Crippen LogP contribution in [0.25, 0.3) is 0 Å². The van der Waals surface area contributed by atoms with Gasteiger partial charge in [-0.15, -0.1) is 0 Å². The van der Waals surface area contributed by atoms with Gasteiger partial charge in [-0.25, -0.2) is 0 Å². The minimum Gasteiger partial charge on any atom is -0.462 e. The highest BCUT2D eigenvalue weighted by molar-refractivity contribution is 5.74. The summed E-state index contributed by atoms with van der Waals surface area (Å²) in [4.78, 5) is 21.9. The highest BCUT2D eigenvalue weighted by Crippen LogP contribution is 2.25. The Bertz CT molecular complexity index is 326. The van der Waals surface area contributed by atoms with Crippen LogP contribution in [0.3, 0.4) is 0 Å². The van der Waals surface area contributed by atoms with Crippen molar-refractivity contribution in [2.24, 2.45) is 11.8 Å². The zero-order valence-electron chi connectivity index (χ0n) is 13.2. The first-order chi connectivity index (χ1) is 9.47. The van der Waals surface area contributed by atoms with Gasteiger partial charge in [-0.05, 0) is 39.5 Å². The van der Waals surface area contributed by atoms with E-state index < -0.39 is 0 Å². The van der Waals surface area contributed by atoms with Gasteiger partial charge in [0.2, 0.25) is 0 Å². The van der Waals surface area contributed by atoms with Crippen LogP contribution in [-0.4, -0.2) is 24.1 Å². The maximum Gasteiger partial charge on any atom is 0.309 e. The molecular formula is C16H28O4. The number of carbonyl (C=O) groups excluding carboxylic acids is 2. The maximum atomic E-state index is 11.1. The van der Waals surface area contributed by atoms with Crippen molar-refractivity contribution < 1.29 is 19.1 Å². The quantitative estimate of drug-likeness (QED) is 0.742. The number of ether oxygens (including phenoxy) is 2. The molecule has 0 aromatic heterocycles. The Morgan fingerprint density at radius 2 is 1.45 bits per heavy atom. The average molecular weight is 284 g/mol. The van der Waals surface area contributed by atoms with Crippen LogP contribution in [0.2, 0.25) is 0 Å². The van der Waals surface area contributed by atoms with Crippen LogP contribution in [0.5, 0.6) is 0 Å². The Hall–Kier alpha value is -1.06. The van der Waals surface area contributed by atoms with Crippen molar-refractivity contribution in [2.45, 2.75) is 78.4 Å². The van der Waals surface area contributed by atoms with Gasteiger partial charge in [0, 0.05) is 0 Å². The van der Waals surface area contributed by atoms with Gasteiger partial charge in [-0.2, -0.15) is 0 Å². The Balaban J connectivity index is 0.000000204. The molecule has 2 rings (SSSR count). The summed E-state index contributed by atoms with van der Waals surface area (Å²) < 4.78 is 9.96. The molecule has 20 heavy (non-hydrogen) atoms. The summed E-state index contributed by atoms with van der Waals surface area (Å²) in [5, 5.41) is 0. The predicted octanol–water partition coefficient (Wildman–Crippen LogP) is 3.48. The number of hydrogen-bond donors (Lipinski definition) is 0. The van der Waals surface area contributed by atoms with Crippen LogP contribution in [0.4, 0.5) is 0 Å². The Morgan fingerprint density at radius 1 is 0.950 bits per heavy atom. The highest BCUT2D eigenvalue weighted by atomic mass is 16.6. The molecule has 0 unspecified atom stereocenters. The zero-order valence-corrected chi connectivity index (χ0v) is 13.2. The number of rotatable bonds is 4. The van der Waals surface area contributed by atoms with Crippen molar-refractivity contribution in [2.75, 3.05) is 0 Å². The molecule has 2 fully saturated rings. The normalized spacial score (nSPS) is 32.4. The number of cyclic esters (lactones) is 2. The first-order valence-electron chi connectivity index (χ1n) is 7.88.